The first-order chi connectivity index (χ1) is 8.19. The van der Waals surface area contributed by atoms with Gasteiger partial charge in [0.25, 0.3) is 5.78 Å². The minimum Gasteiger partial charge on any atom is -0.480 e. The number of rotatable bonds is 5. The molecule has 8 heteroatoms. The van der Waals surface area contributed by atoms with Crippen molar-refractivity contribution in [1.82, 2.24) is 4.72 Å². The van der Waals surface area contributed by atoms with Crippen molar-refractivity contribution in [2.24, 2.45) is 11.1 Å². The van der Waals surface area contributed by atoms with E-state index in [1.54, 1.807) is 6.26 Å². The zero-order valence-corrected chi connectivity index (χ0v) is 11.4. The second-order valence-corrected chi connectivity index (χ2v) is 8.49. The van der Waals surface area contributed by atoms with E-state index in [9.17, 15) is 14.4 Å². The quantitative estimate of drug-likeness (QED) is 0.181. The molecule has 1 rings (SSSR count). The lowest BCUT2D eigenvalue weighted by molar-refractivity contribution is -0.139. The Morgan fingerprint density at radius 1 is 1.72 bits per heavy atom. The Bertz CT molecular complexity index is 447. The number of carbonyl (C=O) groups is 3. The van der Waals surface area contributed by atoms with Gasteiger partial charge in [-0.3, -0.25) is 19.5 Å². The van der Waals surface area contributed by atoms with Gasteiger partial charge in [0.2, 0.25) is 5.78 Å². The molecule has 0 radical (unpaired) electrons. The van der Waals surface area contributed by atoms with Crippen LogP contribution in [0.1, 0.15) is 12.8 Å². The number of hydrogen-bond donors (Lipinski definition) is 4. The molecule has 0 saturated heterocycles. The van der Waals surface area contributed by atoms with Crippen LogP contribution >= 0.6 is 21.1 Å². The normalized spacial score (nSPS) is 25.6. The van der Waals surface area contributed by atoms with E-state index in [2.05, 4.69) is 28.2 Å². The summed E-state index contributed by atoms with van der Waals surface area (Å²) in [4.78, 5) is 33.1. The van der Waals surface area contributed by atoms with E-state index in [0.717, 1.165) is 0 Å². The SMILES string of the molecule is CS(N)(S)NC(CC1C#CC(=O)C(=O)C1)C(=O)O. The first-order valence-corrected chi connectivity index (χ1v) is 8.22. The van der Waals surface area contributed by atoms with E-state index < -0.39 is 38.9 Å². The number of nitrogens with one attached hydrogen (secondary N) is 1. The van der Waals surface area contributed by atoms with Crippen molar-refractivity contribution < 1.29 is 19.5 Å². The molecule has 100 valence electrons. The first kappa shape index (κ1) is 15.0. The minimum absolute atomic E-state index is 0.0412. The van der Waals surface area contributed by atoms with E-state index in [-0.39, 0.29) is 12.8 Å². The Hall–Kier alpha value is -1.01. The van der Waals surface area contributed by atoms with E-state index in [1.165, 1.54) is 0 Å². The summed E-state index contributed by atoms with van der Waals surface area (Å²) in [6, 6.07) is -0.937. The fourth-order valence-corrected chi connectivity index (χ4v) is 2.67. The number of Topliss-reactive ketones (excluding diaryl/α,β-unsaturated/α-hetero) is 2. The van der Waals surface area contributed by atoms with Crippen molar-refractivity contribution in [1.29, 1.82) is 0 Å². The van der Waals surface area contributed by atoms with Gasteiger partial charge in [0.1, 0.15) is 6.04 Å². The van der Waals surface area contributed by atoms with Crippen molar-refractivity contribution in [3.8, 4) is 11.8 Å². The number of carboxylic acid groups (broad SMARTS) is 1. The number of carboxylic acids is 1. The largest absolute Gasteiger partial charge is 0.480 e. The van der Waals surface area contributed by atoms with Gasteiger partial charge in [0.05, 0.1) is 0 Å². The van der Waals surface area contributed by atoms with Gasteiger partial charge in [-0.25, -0.2) is 4.72 Å². The predicted molar refractivity (Wildman–Crippen MR) is 71.8 cm³/mol. The van der Waals surface area contributed by atoms with Crippen LogP contribution in [0.25, 0.3) is 0 Å². The summed E-state index contributed by atoms with van der Waals surface area (Å²) in [5.41, 5.74) is 0. The fourth-order valence-electron chi connectivity index (χ4n) is 1.52. The van der Waals surface area contributed by atoms with Gasteiger partial charge in [0.15, 0.2) is 0 Å². The van der Waals surface area contributed by atoms with Crippen molar-refractivity contribution in [3.63, 3.8) is 0 Å². The van der Waals surface area contributed by atoms with Crippen LogP contribution in [0.4, 0.5) is 0 Å². The van der Waals surface area contributed by atoms with Gasteiger partial charge in [-0.15, -0.1) is 11.7 Å². The standard InChI is InChI=1S/C10H14N2O4S2/c1-18(11,17)12-7(10(15)16)4-6-2-3-8(13)9(14)5-6/h6-7,12,17H,4-5,11H2,1H3,(H,15,16). The second kappa shape index (κ2) is 5.75. The molecule has 0 saturated carbocycles. The van der Waals surface area contributed by atoms with Gasteiger partial charge in [-0.05, 0) is 18.6 Å². The molecule has 3 atom stereocenters. The van der Waals surface area contributed by atoms with Gasteiger partial charge >= 0.3 is 5.97 Å². The van der Waals surface area contributed by atoms with Crippen LogP contribution in [0.3, 0.4) is 0 Å². The molecule has 0 amide bonds. The van der Waals surface area contributed by atoms with Crippen LogP contribution in [0.5, 0.6) is 0 Å². The molecule has 1 aliphatic carbocycles. The third-order valence-corrected chi connectivity index (χ3v) is 3.35. The van der Waals surface area contributed by atoms with E-state index in [1.807, 2.05) is 0 Å². The summed E-state index contributed by atoms with van der Waals surface area (Å²) in [7, 11) is -1.98. The van der Waals surface area contributed by atoms with Crippen LogP contribution < -0.4 is 9.86 Å². The lowest BCUT2D eigenvalue weighted by Crippen LogP contribution is -2.41. The average Bonchev–Trinajstić information content (AvgIpc) is 2.20. The highest BCUT2D eigenvalue weighted by Gasteiger charge is 2.29. The van der Waals surface area contributed by atoms with E-state index >= 15 is 0 Å². The van der Waals surface area contributed by atoms with Crippen LogP contribution in [0, 0.1) is 17.8 Å². The minimum atomic E-state index is -1.98. The molecule has 18 heavy (non-hydrogen) atoms. The number of carbonyl (C=O) groups excluding carboxylic acids is 2. The van der Waals surface area contributed by atoms with E-state index in [0.29, 0.717) is 0 Å². The highest BCUT2D eigenvalue weighted by molar-refractivity contribution is 8.85. The zero-order valence-electron chi connectivity index (χ0n) is 9.67. The summed E-state index contributed by atoms with van der Waals surface area (Å²) in [6.45, 7) is 0. The molecule has 0 spiro atoms. The average molecular weight is 290 g/mol. The molecule has 0 aromatic heterocycles. The van der Waals surface area contributed by atoms with Crippen molar-refractivity contribution in [3.05, 3.63) is 0 Å². The van der Waals surface area contributed by atoms with Crippen LogP contribution in [-0.2, 0) is 14.4 Å². The van der Waals surface area contributed by atoms with Crippen LogP contribution in [0.15, 0.2) is 0 Å². The molecule has 0 fully saturated rings. The molecular formula is C10H14N2O4S2. The molecule has 4 N–H and O–H groups in total. The smallest absolute Gasteiger partial charge is 0.321 e. The monoisotopic (exact) mass is 290 g/mol. The van der Waals surface area contributed by atoms with Crippen molar-refractivity contribution >= 4 is 38.6 Å². The topological polar surface area (TPSA) is 109 Å². The maximum atomic E-state index is 11.2. The van der Waals surface area contributed by atoms with Gasteiger partial charge in [-0.1, -0.05) is 15.4 Å². The van der Waals surface area contributed by atoms with E-state index in [4.69, 9.17) is 10.2 Å². The second-order valence-electron chi connectivity index (χ2n) is 4.10. The molecule has 0 aromatic carbocycles. The summed E-state index contributed by atoms with van der Waals surface area (Å²) >= 11 is 4.07. The number of nitrogens with two attached hydrogens (primary N) is 1. The summed E-state index contributed by atoms with van der Waals surface area (Å²) in [5, 5.41) is 14.7. The molecule has 0 aromatic rings. The Morgan fingerprint density at radius 3 is 2.78 bits per heavy atom. The Morgan fingerprint density at radius 2 is 2.33 bits per heavy atom. The van der Waals surface area contributed by atoms with Crippen LogP contribution in [0.2, 0.25) is 0 Å². The maximum Gasteiger partial charge on any atom is 0.321 e. The lowest BCUT2D eigenvalue weighted by atomic mass is 9.91. The number of thiol groups is 1. The van der Waals surface area contributed by atoms with Crippen molar-refractivity contribution in [2.75, 3.05) is 6.26 Å². The number of hydrogen-bond acceptors (Lipinski definition) is 6. The molecule has 0 aliphatic heterocycles. The molecular weight excluding hydrogens is 276 g/mol. The lowest BCUT2D eigenvalue weighted by Gasteiger charge is -2.30. The Labute approximate surface area is 111 Å². The maximum absolute atomic E-state index is 11.2. The Kier molecular flexibility index (Phi) is 4.81. The number of ketones is 2. The molecule has 3 unspecified atom stereocenters. The predicted octanol–water partition coefficient (Wildman–Crippen LogP) is -0.351. The van der Waals surface area contributed by atoms with Gasteiger partial charge < -0.3 is 5.11 Å². The summed E-state index contributed by atoms with van der Waals surface area (Å²) < 4.78 is 2.69. The highest BCUT2D eigenvalue weighted by Crippen LogP contribution is 2.36. The number of aliphatic carboxylic acids is 1. The fraction of sp³-hybridized carbons (Fsp3) is 0.500. The highest BCUT2D eigenvalue weighted by atomic mass is 33.1. The molecule has 0 bridgehead atoms. The molecule has 6 nitrogen and oxygen atoms in total. The van der Waals surface area contributed by atoms with Gasteiger partial charge in [0, 0.05) is 12.3 Å². The molecule has 0 heterocycles. The Balaban J connectivity index is 2.71. The zero-order chi connectivity index (χ0) is 13.9. The third kappa shape index (κ3) is 4.70. The van der Waals surface area contributed by atoms with Crippen molar-refractivity contribution in [2.45, 2.75) is 18.9 Å². The van der Waals surface area contributed by atoms with Crippen LogP contribution in [-0.4, -0.2) is 34.9 Å². The summed E-state index contributed by atoms with van der Waals surface area (Å²) in [6.07, 6.45) is 1.66. The summed E-state index contributed by atoms with van der Waals surface area (Å²) in [5.74, 6) is 1.96. The molecule has 1 aliphatic rings. The first-order valence-electron chi connectivity index (χ1n) is 5.06. The third-order valence-electron chi connectivity index (χ3n) is 2.27. The van der Waals surface area contributed by atoms with Gasteiger partial charge in [-0.2, -0.15) is 0 Å².